The van der Waals surface area contributed by atoms with E-state index in [9.17, 15) is 31.1 Å². The van der Waals surface area contributed by atoms with Crippen molar-refractivity contribution in [2.45, 2.75) is 25.0 Å². The highest BCUT2D eigenvalue weighted by Crippen LogP contribution is 2.39. The Bertz CT molecular complexity index is 680. The van der Waals surface area contributed by atoms with E-state index in [1.54, 1.807) is 0 Å². The number of halogens is 6. The van der Waals surface area contributed by atoms with Crippen LogP contribution in [0.5, 0.6) is 5.75 Å². The van der Waals surface area contributed by atoms with Crippen LogP contribution in [0.3, 0.4) is 0 Å². The van der Waals surface area contributed by atoms with Gasteiger partial charge in [0.25, 0.3) is 0 Å². The van der Waals surface area contributed by atoms with E-state index in [1.165, 1.54) is 4.90 Å². The molecular weight excluding hydrogens is 394 g/mol. The average Bonchev–Trinajstić information content (AvgIpc) is 2.44. The van der Waals surface area contributed by atoms with Crippen molar-refractivity contribution in [1.29, 1.82) is 0 Å². The number of nitrogens with two attached hydrogens (primary N) is 1. The molecule has 26 heavy (non-hydrogen) atoms. The highest BCUT2D eigenvalue weighted by atomic mass is 32.1. The molecule has 1 heterocycles. The maximum absolute atomic E-state index is 12.8. The first-order valence-corrected chi connectivity index (χ1v) is 7.07. The lowest BCUT2D eigenvalue weighted by atomic mass is 10.0. The zero-order valence-corrected chi connectivity index (χ0v) is 13.5. The Hall–Kier alpha value is -2.12. The number of thiocarbonyl (C=S) groups is 1. The molecule has 6 nitrogen and oxygen atoms in total. The Morgan fingerprint density at radius 1 is 1.23 bits per heavy atom. The van der Waals surface area contributed by atoms with Gasteiger partial charge >= 0.3 is 18.5 Å². The zero-order chi connectivity index (χ0) is 20.3. The third-order valence-corrected chi connectivity index (χ3v) is 3.80. The number of rotatable bonds is 3. The third-order valence-electron chi connectivity index (χ3n) is 3.33. The van der Waals surface area contributed by atoms with E-state index >= 15 is 0 Å². The van der Waals surface area contributed by atoms with E-state index < -0.39 is 35.9 Å². The van der Waals surface area contributed by atoms with Gasteiger partial charge in [-0.3, -0.25) is 0 Å². The Balaban J connectivity index is 0.00000163. The minimum atomic E-state index is -5.32. The van der Waals surface area contributed by atoms with Crippen LogP contribution in [0.1, 0.15) is 17.5 Å². The third kappa shape index (κ3) is 5.19. The predicted octanol–water partition coefficient (Wildman–Crippen LogP) is 2.77. The van der Waals surface area contributed by atoms with Gasteiger partial charge in [0.1, 0.15) is 16.8 Å². The van der Waals surface area contributed by atoms with Crippen molar-refractivity contribution in [1.82, 2.24) is 4.90 Å². The highest BCUT2D eigenvalue weighted by Gasteiger charge is 2.41. The summed E-state index contributed by atoms with van der Waals surface area (Å²) in [4.78, 5) is 12.0. The fourth-order valence-corrected chi connectivity index (χ4v) is 2.50. The number of ether oxygens (including phenoxy) is 1. The van der Waals surface area contributed by atoms with Gasteiger partial charge in [-0.15, -0.1) is 13.2 Å². The van der Waals surface area contributed by atoms with Crippen LogP contribution in [-0.4, -0.2) is 45.1 Å². The molecule has 0 bridgehead atoms. The van der Waals surface area contributed by atoms with Crippen molar-refractivity contribution in [2.75, 3.05) is 6.54 Å². The monoisotopic (exact) mass is 406 g/mol. The van der Waals surface area contributed by atoms with Gasteiger partial charge in [0.05, 0.1) is 5.56 Å². The average molecular weight is 406 g/mol. The van der Waals surface area contributed by atoms with Crippen molar-refractivity contribution >= 4 is 23.2 Å². The first-order chi connectivity index (χ1) is 11.9. The molecule has 1 fully saturated rings. The summed E-state index contributed by atoms with van der Waals surface area (Å²) in [6, 6.07) is 0.853. The second kappa shape index (κ2) is 8.05. The number of carboxylic acid groups (broad SMARTS) is 1. The smallest absolute Gasteiger partial charge is 0.480 e. The summed E-state index contributed by atoms with van der Waals surface area (Å²) in [5.41, 5.74) is -1.77. The summed E-state index contributed by atoms with van der Waals surface area (Å²) in [6.07, 6.45) is -10.1. The number of carbonyl (C=O) groups is 1. The maximum atomic E-state index is 12.8. The Labute approximate surface area is 147 Å². The minimum absolute atomic E-state index is 0.158. The lowest BCUT2D eigenvalue weighted by Gasteiger charge is -2.40. The van der Waals surface area contributed by atoms with Gasteiger partial charge in [-0.05, 0) is 18.6 Å². The molecule has 0 aromatic heterocycles. The Kier molecular flexibility index (Phi) is 6.79. The SMILES string of the molecule is NO.O=C(O)C1CCN1C(=S)c1ccc(C(F)(F)F)c(OC(F)(F)F)c1. The number of alkyl halides is 6. The standard InChI is InChI=1S/C13H9F6NO3S.H3NO/c14-12(15,16)7-2-1-6(5-9(7)23-13(17,18)19)10(24)20-4-3-8(20)11(21)22;1-2/h1-2,5,8H,3-4H2,(H,21,22);2H,1H2. The van der Waals surface area contributed by atoms with Crippen molar-refractivity contribution in [2.24, 2.45) is 5.90 Å². The number of aliphatic carboxylic acids is 1. The molecule has 2 rings (SSSR count). The van der Waals surface area contributed by atoms with Crippen LogP contribution in [0.25, 0.3) is 0 Å². The molecule has 1 aromatic carbocycles. The highest BCUT2D eigenvalue weighted by molar-refractivity contribution is 7.80. The molecular formula is C13H12F6N2O4S. The van der Waals surface area contributed by atoms with Crippen LogP contribution in [0.15, 0.2) is 18.2 Å². The van der Waals surface area contributed by atoms with Crippen molar-refractivity contribution in [3.8, 4) is 5.75 Å². The quantitative estimate of drug-likeness (QED) is 0.404. The molecule has 0 saturated carbocycles. The van der Waals surface area contributed by atoms with Crippen molar-refractivity contribution < 1.29 is 46.2 Å². The van der Waals surface area contributed by atoms with Gasteiger partial charge in [0.2, 0.25) is 0 Å². The van der Waals surface area contributed by atoms with Gasteiger partial charge in [-0.2, -0.15) is 13.2 Å². The number of nitrogens with zero attached hydrogens (tertiary/aromatic N) is 1. The van der Waals surface area contributed by atoms with E-state index in [0.29, 0.717) is 12.1 Å². The van der Waals surface area contributed by atoms with Crippen molar-refractivity contribution in [3.63, 3.8) is 0 Å². The molecule has 0 spiro atoms. The molecule has 146 valence electrons. The predicted molar refractivity (Wildman–Crippen MR) is 78.5 cm³/mol. The van der Waals surface area contributed by atoms with Crippen LogP contribution in [0.4, 0.5) is 26.3 Å². The molecule has 1 aromatic rings. The number of hydrogen-bond acceptors (Lipinski definition) is 5. The van der Waals surface area contributed by atoms with Gasteiger partial charge in [0, 0.05) is 12.1 Å². The van der Waals surface area contributed by atoms with Gasteiger partial charge in [0.15, 0.2) is 0 Å². The molecule has 0 amide bonds. The normalized spacial score (nSPS) is 16.9. The fourth-order valence-electron chi connectivity index (χ4n) is 2.15. The molecule has 0 aliphatic carbocycles. The van der Waals surface area contributed by atoms with Crippen LogP contribution in [0, 0.1) is 0 Å². The van der Waals surface area contributed by atoms with E-state index in [4.69, 9.17) is 22.5 Å². The molecule has 4 N–H and O–H groups in total. The molecule has 1 aliphatic rings. The summed E-state index contributed by atoms with van der Waals surface area (Å²) in [6.45, 7) is 0.242. The van der Waals surface area contributed by atoms with Crippen molar-refractivity contribution in [3.05, 3.63) is 29.3 Å². The number of benzene rings is 1. The van der Waals surface area contributed by atoms with Crippen LogP contribution in [-0.2, 0) is 11.0 Å². The Morgan fingerprint density at radius 2 is 1.81 bits per heavy atom. The molecule has 1 unspecified atom stereocenters. The van der Waals surface area contributed by atoms with E-state index in [-0.39, 0.29) is 23.5 Å². The lowest BCUT2D eigenvalue weighted by Crippen LogP contribution is -2.54. The largest absolute Gasteiger partial charge is 0.573 e. The minimum Gasteiger partial charge on any atom is -0.480 e. The van der Waals surface area contributed by atoms with E-state index in [0.717, 1.165) is 6.07 Å². The summed E-state index contributed by atoms with van der Waals surface area (Å²) in [5.74, 6) is 0.879. The fraction of sp³-hybridized carbons (Fsp3) is 0.385. The lowest BCUT2D eigenvalue weighted by molar-refractivity contribution is -0.276. The maximum Gasteiger partial charge on any atom is 0.573 e. The van der Waals surface area contributed by atoms with E-state index in [1.807, 2.05) is 0 Å². The number of carboxylic acids is 1. The first kappa shape index (κ1) is 21.9. The van der Waals surface area contributed by atoms with E-state index in [2.05, 4.69) is 10.6 Å². The molecule has 1 aliphatic heterocycles. The zero-order valence-electron chi connectivity index (χ0n) is 12.6. The topological polar surface area (TPSA) is 96.0 Å². The molecule has 0 radical (unpaired) electrons. The number of likely N-dealkylation sites (tertiary alicyclic amines) is 1. The molecule has 1 saturated heterocycles. The van der Waals surface area contributed by atoms with Gasteiger partial charge < -0.3 is 20.0 Å². The Morgan fingerprint density at radius 3 is 2.19 bits per heavy atom. The summed E-state index contributed by atoms with van der Waals surface area (Å²) in [7, 11) is 0. The second-order valence-corrected chi connectivity index (χ2v) is 5.28. The summed E-state index contributed by atoms with van der Waals surface area (Å²) in [5, 5.41) is 15.4. The van der Waals surface area contributed by atoms with Gasteiger partial charge in [-0.25, -0.2) is 10.7 Å². The van der Waals surface area contributed by atoms with Crippen LogP contribution >= 0.6 is 12.2 Å². The van der Waals surface area contributed by atoms with Crippen LogP contribution in [0.2, 0.25) is 0 Å². The summed E-state index contributed by atoms with van der Waals surface area (Å²) < 4.78 is 78.8. The molecule has 13 heteroatoms. The second-order valence-electron chi connectivity index (χ2n) is 4.90. The summed E-state index contributed by atoms with van der Waals surface area (Å²) >= 11 is 4.97. The van der Waals surface area contributed by atoms with Crippen LogP contribution < -0.4 is 10.6 Å². The number of hydrogen-bond donors (Lipinski definition) is 3. The molecule has 1 atom stereocenters. The van der Waals surface area contributed by atoms with Gasteiger partial charge in [-0.1, -0.05) is 18.3 Å². The first-order valence-electron chi connectivity index (χ1n) is 6.67.